The van der Waals surface area contributed by atoms with Crippen LogP contribution in [0.4, 0.5) is 5.13 Å². The Kier molecular flexibility index (Phi) is 7.25. The molecule has 0 bridgehead atoms. The SMILES string of the molecule is CCN(CC)S(=O)(=O)c1ccc(C(=O)Nc2ncc(Cc3ccc(Cl)cc3)s2)cc1. The van der Waals surface area contributed by atoms with Crippen molar-refractivity contribution in [1.82, 2.24) is 9.29 Å². The summed E-state index contributed by atoms with van der Waals surface area (Å²) in [6, 6.07) is 13.5. The minimum absolute atomic E-state index is 0.169. The topological polar surface area (TPSA) is 79.4 Å². The first-order valence-electron chi connectivity index (χ1n) is 9.44. The quantitative estimate of drug-likeness (QED) is 0.526. The van der Waals surface area contributed by atoms with E-state index < -0.39 is 10.0 Å². The molecule has 0 unspecified atom stereocenters. The van der Waals surface area contributed by atoms with Crippen molar-refractivity contribution < 1.29 is 13.2 Å². The van der Waals surface area contributed by atoms with Gasteiger partial charge in [0.2, 0.25) is 10.0 Å². The van der Waals surface area contributed by atoms with Gasteiger partial charge in [-0.15, -0.1) is 11.3 Å². The van der Waals surface area contributed by atoms with Crippen molar-refractivity contribution >= 4 is 44.0 Å². The molecule has 0 aliphatic carbocycles. The number of amides is 1. The van der Waals surface area contributed by atoms with Crippen molar-refractivity contribution in [3.8, 4) is 0 Å². The second kappa shape index (κ2) is 9.70. The van der Waals surface area contributed by atoms with E-state index in [1.807, 2.05) is 24.3 Å². The molecule has 0 saturated heterocycles. The van der Waals surface area contributed by atoms with Gasteiger partial charge in [-0.3, -0.25) is 10.1 Å². The van der Waals surface area contributed by atoms with E-state index in [0.29, 0.717) is 35.2 Å². The predicted molar refractivity (Wildman–Crippen MR) is 121 cm³/mol. The number of benzene rings is 2. The molecular formula is C21H22ClN3O3S2. The molecule has 3 aromatic rings. The Morgan fingerprint density at radius 3 is 2.30 bits per heavy atom. The lowest BCUT2D eigenvalue weighted by atomic mass is 10.1. The van der Waals surface area contributed by atoms with Gasteiger partial charge in [0.15, 0.2) is 5.13 Å². The summed E-state index contributed by atoms with van der Waals surface area (Å²) in [5, 5.41) is 3.94. The number of aromatic nitrogens is 1. The van der Waals surface area contributed by atoms with Gasteiger partial charge < -0.3 is 0 Å². The standard InChI is InChI=1S/C21H22ClN3O3S2/c1-3-25(4-2)30(27,28)19-11-7-16(8-12-19)20(26)24-21-23-14-18(29-21)13-15-5-9-17(22)10-6-15/h5-12,14H,3-4,13H2,1-2H3,(H,23,24,26). The lowest BCUT2D eigenvalue weighted by molar-refractivity contribution is 0.102. The molecule has 0 radical (unpaired) electrons. The zero-order valence-electron chi connectivity index (χ0n) is 16.6. The normalized spacial score (nSPS) is 11.6. The fourth-order valence-electron chi connectivity index (χ4n) is 2.91. The average Bonchev–Trinajstić information content (AvgIpc) is 3.17. The van der Waals surface area contributed by atoms with E-state index in [1.165, 1.54) is 39.9 Å². The lowest BCUT2D eigenvalue weighted by Crippen LogP contribution is -2.30. The van der Waals surface area contributed by atoms with E-state index in [4.69, 9.17) is 11.6 Å². The van der Waals surface area contributed by atoms with Gasteiger partial charge in [-0.2, -0.15) is 4.31 Å². The summed E-state index contributed by atoms with van der Waals surface area (Å²) >= 11 is 7.30. The summed E-state index contributed by atoms with van der Waals surface area (Å²) in [5.41, 5.74) is 1.47. The number of anilines is 1. The summed E-state index contributed by atoms with van der Waals surface area (Å²) < 4.78 is 26.5. The highest BCUT2D eigenvalue weighted by Gasteiger charge is 2.21. The average molecular weight is 464 g/mol. The molecule has 0 spiro atoms. The molecule has 0 fully saturated rings. The van der Waals surface area contributed by atoms with Crippen molar-refractivity contribution in [2.75, 3.05) is 18.4 Å². The van der Waals surface area contributed by atoms with Crippen LogP contribution in [0.1, 0.15) is 34.6 Å². The molecule has 1 amide bonds. The molecular weight excluding hydrogens is 442 g/mol. The molecule has 9 heteroatoms. The van der Waals surface area contributed by atoms with E-state index in [0.717, 1.165) is 10.4 Å². The molecule has 30 heavy (non-hydrogen) atoms. The maximum absolute atomic E-state index is 12.5. The number of nitrogens with zero attached hydrogens (tertiary/aromatic N) is 2. The summed E-state index contributed by atoms with van der Waals surface area (Å²) in [6.45, 7) is 4.36. The Labute approximate surface area is 185 Å². The first kappa shape index (κ1) is 22.4. The monoisotopic (exact) mass is 463 g/mol. The largest absolute Gasteiger partial charge is 0.298 e. The third kappa shape index (κ3) is 5.26. The highest BCUT2D eigenvalue weighted by molar-refractivity contribution is 7.89. The van der Waals surface area contributed by atoms with Crippen molar-refractivity contribution in [1.29, 1.82) is 0 Å². The summed E-state index contributed by atoms with van der Waals surface area (Å²) in [6.07, 6.45) is 2.43. The number of nitrogens with one attached hydrogen (secondary N) is 1. The molecule has 3 rings (SSSR count). The molecule has 0 aliphatic heterocycles. The Bertz CT molecular complexity index is 1110. The molecule has 2 aromatic carbocycles. The van der Waals surface area contributed by atoms with Gasteiger partial charge in [-0.25, -0.2) is 13.4 Å². The van der Waals surface area contributed by atoms with Gasteiger partial charge in [0, 0.05) is 41.2 Å². The van der Waals surface area contributed by atoms with Crippen LogP contribution in [0.3, 0.4) is 0 Å². The molecule has 1 N–H and O–H groups in total. The van der Waals surface area contributed by atoms with Gasteiger partial charge in [0.1, 0.15) is 0 Å². The number of rotatable bonds is 8. The van der Waals surface area contributed by atoms with Crippen LogP contribution in [-0.2, 0) is 16.4 Å². The maximum Gasteiger partial charge on any atom is 0.257 e. The first-order valence-corrected chi connectivity index (χ1v) is 12.1. The Hall–Kier alpha value is -2.26. The molecule has 158 valence electrons. The van der Waals surface area contributed by atoms with Gasteiger partial charge >= 0.3 is 0 Å². The number of carbonyl (C=O) groups excluding carboxylic acids is 1. The zero-order valence-corrected chi connectivity index (χ0v) is 19.0. The minimum Gasteiger partial charge on any atom is -0.298 e. The van der Waals surface area contributed by atoms with Crippen LogP contribution in [-0.4, -0.2) is 36.7 Å². The van der Waals surface area contributed by atoms with E-state index in [1.54, 1.807) is 20.0 Å². The molecule has 1 aromatic heterocycles. The predicted octanol–water partition coefficient (Wildman–Crippen LogP) is 4.67. The van der Waals surface area contributed by atoms with Gasteiger partial charge in [-0.1, -0.05) is 37.6 Å². The zero-order chi connectivity index (χ0) is 21.7. The number of hydrogen-bond donors (Lipinski definition) is 1. The summed E-state index contributed by atoms with van der Waals surface area (Å²) in [5.74, 6) is -0.339. The van der Waals surface area contributed by atoms with Crippen LogP contribution in [0.15, 0.2) is 59.6 Å². The smallest absolute Gasteiger partial charge is 0.257 e. The lowest BCUT2D eigenvalue weighted by Gasteiger charge is -2.18. The third-order valence-corrected chi connectivity index (χ3v) is 7.75. The number of halogens is 1. The fraction of sp³-hybridized carbons (Fsp3) is 0.238. The van der Waals surface area contributed by atoms with Crippen molar-refractivity contribution in [2.45, 2.75) is 25.2 Å². The number of thiazole rings is 1. The Morgan fingerprint density at radius 2 is 1.70 bits per heavy atom. The van der Waals surface area contributed by atoms with Crippen LogP contribution >= 0.6 is 22.9 Å². The number of hydrogen-bond acceptors (Lipinski definition) is 5. The highest BCUT2D eigenvalue weighted by atomic mass is 35.5. The number of sulfonamides is 1. The summed E-state index contributed by atoms with van der Waals surface area (Å²) in [7, 11) is -3.55. The van der Waals surface area contributed by atoms with Gasteiger partial charge in [0.05, 0.1) is 4.90 Å². The Morgan fingerprint density at radius 1 is 1.07 bits per heavy atom. The van der Waals surface area contributed by atoms with Crippen molar-refractivity contribution in [2.24, 2.45) is 0 Å². The van der Waals surface area contributed by atoms with Gasteiger partial charge in [-0.05, 0) is 42.0 Å². The van der Waals surface area contributed by atoms with E-state index in [2.05, 4.69) is 10.3 Å². The fourth-order valence-corrected chi connectivity index (χ4v) is 5.34. The highest BCUT2D eigenvalue weighted by Crippen LogP contribution is 2.23. The third-order valence-electron chi connectivity index (χ3n) is 4.53. The second-order valence-corrected chi connectivity index (χ2v) is 9.99. The van der Waals surface area contributed by atoms with Gasteiger partial charge in [0.25, 0.3) is 5.91 Å². The van der Waals surface area contributed by atoms with Crippen LogP contribution in [0.5, 0.6) is 0 Å². The molecule has 0 aliphatic rings. The molecule has 0 atom stereocenters. The molecule has 6 nitrogen and oxygen atoms in total. The Balaban J connectivity index is 1.66. The van der Waals surface area contributed by atoms with Crippen LogP contribution in [0.2, 0.25) is 5.02 Å². The summed E-state index contributed by atoms with van der Waals surface area (Å²) in [4.78, 5) is 17.9. The van der Waals surface area contributed by atoms with E-state index in [-0.39, 0.29) is 10.8 Å². The minimum atomic E-state index is -3.55. The van der Waals surface area contributed by atoms with E-state index >= 15 is 0 Å². The maximum atomic E-state index is 12.5. The number of carbonyl (C=O) groups is 1. The second-order valence-electron chi connectivity index (χ2n) is 6.50. The van der Waals surface area contributed by atoms with E-state index in [9.17, 15) is 13.2 Å². The molecule has 1 heterocycles. The molecule has 0 saturated carbocycles. The van der Waals surface area contributed by atoms with Crippen molar-refractivity contribution in [3.63, 3.8) is 0 Å². The van der Waals surface area contributed by atoms with Crippen LogP contribution in [0.25, 0.3) is 0 Å². The van der Waals surface area contributed by atoms with Crippen molar-refractivity contribution in [3.05, 3.63) is 75.8 Å². The first-order chi connectivity index (χ1) is 14.3. The van der Waals surface area contributed by atoms with Crippen LogP contribution in [0, 0.1) is 0 Å². The van der Waals surface area contributed by atoms with Crippen LogP contribution < -0.4 is 5.32 Å².